The molecular formula is C10H14N4O3S2. The van der Waals surface area contributed by atoms with Crippen molar-refractivity contribution in [2.45, 2.75) is 30.7 Å². The minimum Gasteiger partial charge on any atom is -0.391 e. The summed E-state index contributed by atoms with van der Waals surface area (Å²) in [5.41, 5.74) is 0.764. The van der Waals surface area contributed by atoms with Gasteiger partial charge in [-0.25, -0.2) is 18.1 Å². The number of nitrogens with one attached hydrogen (secondary N) is 2. The first-order chi connectivity index (χ1) is 8.94. The van der Waals surface area contributed by atoms with Gasteiger partial charge < -0.3 is 5.11 Å². The van der Waals surface area contributed by atoms with Gasteiger partial charge in [0.25, 0.3) is 10.0 Å². The molecule has 0 bridgehead atoms. The van der Waals surface area contributed by atoms with Crippen LogP contribution in [0.2, 0.25) is 0 Å². The predicted molar refractivity (Wildman–Crippen MR) is 70.1 cm³/mol. The number of aromatic amines is 1. The zero-order valence-electron chi connectivity index (χ0n) is 10.4. The van der Waals surface area contributed by atoms with Gasteiger partial charge in [0.15, 0.2) is 0 Å². The lowest BCUT2D eigenvalue weighted by Gasteiger charge is -2.10. The van der Waals surface area contributed by atoms with Crippen LogP contribution in [0.5, 0.6) is 0 Å². The molecule has 2 rings (SSSR count). The molecule has 0 aromatic carbocycles. The van der Waals surface area contributed by atoms with Gasteiger partial charge in [-0.15, -0.1) is 11.3 Å². The van der Waals surface area contributed by atoms with Gasteiger partial charge in [-0.05, 0) is 25.5 Å². The van der Waals surface area contributed by atoms with Crippen molar-refractivity contribution in [3.8, 4) is 0 Å². The molecule has 2 aromatic rings. The summed E-state index contributed by atoms with van der Waals surface area (Å²) in [4.78, 5) is 4.55. The fraction of sp³-hybridized carbons (Fsp3) is 0.400. The number of nitrogens with zero attached hydrogens (tertiary/aromatic N) is 2. The fourth-order valence-electron chi connectivity index (χ4n) is 1.55. The monoisotopic (exact) mass is 302 g/mol. The molecule has 1 unspecified atom stereocenters. The van der Waals surface area contributed by atoms with Crippen molar-refractivity contribution in [2.24, 2.45) is 0 Å². The third kappa shape index (κ3) is 3.00. The van der Waals surface area contributed by atoms with Gasteiger partial charge in [-0.2, -0.15) is 5.10 Å². The van der Waals surface area contributed by atoms with Crippen LogP contribution in [0.25, 0.3) is 0 Å². The Morgan fingerprint density at radius 2 is 2.32 bits per heavy atom. The number of thiophene rings is 1. The summed E-state index contributed by atoms with van der Waals surface area (Å²) in [6.45, 7) is 3.27. The highest BCUT2D eigenvalue weighted by Crippen LogP contribution is 2.26. The van der Waals surface area contributed by atoms with E-state index >= 15 is 0 Å². The summed E-state index contributed by atoms with van der Waals surface area (Å²) in [6.07, 6.45) is 1.32. The van der Waals surface area contributed by atoms with Crippen LogP contribution in [-0.4, -0.2) is 28.7 Å². The van der Waals surface area contributed by atoms with Crippen molar-refractivity contribution < 1.29 is 13.5 Å². The van der Waals surface area contributed by atoms with Crippen LogP contribution in [0.3, 0.4) is 0 Å². The molecule has 0 amide bonds. The maximum Gasteiger partial charge on any atom is 0.250 e. The third-order valence-electron chi connectivity index (χ3n) is 2.58. The Balaban J connectivity index is 2.22. The fourth-order valence-corrected chi connectivity index (χ4v) is 4.22. The molecule has 19 heavy (non-hydrogen) atoms. The Labute approximate surface area is 114 Å². The third-order valence-corrected chi connectivity index (χ3v) is 5.82. The number of hydrogen-bond donors (Lipinski definition) is 3. The van der Waals surface area contributed by atoms with Crippen LogP contribution in [0.1, 0.15) is 29.2 Å². The number of aryl methyl sites for hydroxylation is 1. The average molecular weight is 302 g/mol. The molecule has 0 spiro atoms. The number of H-pyrrole nitrogens is 1. The summed E-state index contributed by atoms with van der Waals surface area (Å²) in [7, 11) is -3.63. The molecule has 0 aliphatic carbocycles. The standard InChI is InChI=1S/C10H14N4O3S2/c1-6-3-9(18-8(6)4-15)19(16,17)14-7(2)10-11-5-12-13-10/h3,5,7,14-15H,4H2,1-2H3,(H,11,12,13). The van der Waals surface area contributed by atoms with E-state index in [2.05, 4.69) is 19.9 Å². The van der Waals surface area contributed by atoms with Gasteiger partial charge in [0.1, 0.15) is 16.4 Å². The minimum atomic E-state index is -3.63. The van der Waals surface area contributed by atoms with Crippen molar-refractivity contribution in [2.75, 3.05) is 0 Å². The molecule has 0 saturated carbocycles. The molecule has 0 aliphatic heterocycles. The van der Waals surface area contributed by atoms with Gasteiger partial charge >= 0.3 is 0 Å². The second kappa shape index (κ2) is 5.37. The molecule has 3 N–H and O–H groups in total. The summed E-state index contributed by atoms with van der Waals surface area (Å²) >= 11 is 1.06. The Morgan fingerprint density at radius 3 is 2.84 bits per heavy atom. The maximum absolute atomic E-state index is 12.2. The molecule has 0 fully saturated rings. The molecular weight excluding hydrogens is 288 g/mol. The highest BCUT2D eigenvalue weighted by Gasteiger charge is 2.22. The largest absolute Gasteiger partial charge is 0.391 e. The molecule has 2 aromatic heterocycles. The van der Waals surface area contributed by atoms with Crippen molar-refractivity contribution in [3.63, 3.8) is 0 Å². The lowest BCUT2D eigenvalue weighted by atomic mass is 10.3. The Kier molecular flexibility index (Phi) is 3.99. The number of aliphatic hydroxyl groups excluding tert-OH is 1. The van der Waals surface area contributed by atoms with Crippen LogP contribution in [-0.2, 0) is 16.6 Å². The predicted octanol–water partition coefficient (Wildman–Crippen LogP) is 0.706. The zero-order valence-corrected chi connectivity index (χ0v) is 12.0. The molecule has 104 valence electrons. The summed E-state index contributed by atoms with van der Waals surface area (Å²) < 4.78 is 27.0. The first-order valence-corrected chi connectivity index (χ1v) is 7.81. The van der Waals surface area contributed by atoms with Crippen LogP contribution in [0.15, 0.2) is 16.6 Å². The summed E-state index contributed by atoms with van der Waals surface area (Å²) in [6, 6.07) is 1.04. The molecule has 0 saturated heterocycles. The van der Waals surface area contributed by atoms with E-state index in [9.17, 15) is 8.42 Å². The quantitative estimate of drug-likeness (QED) is 0.753. The topological polar surface area (TPSA) is 108 Å². The van der Waals surface area contributed by atoms with E-state index in [0.717, 1.165) is 16.9 Å². The number of rotatable bonds is 5. The van der Waals surface area contributed by atoms with E-state index in [1.807, 2.05) is 0 Å². The van der Waals surface area contributed by atoms with E-state index in [4.69, 9.17) is 5.11 Å². The molecule has 1 atom stereocenters. The molecule has 7 nitrogen and oxygen atoms in total. The number of aliphatic hydroxyl groups is 1. The Morgan fingerprint density at radius 1 is 1.58 bits per heavy atom. The number of hydrogen-bond acceptors (Lipinski definition) is 6. The smallest absolute Gasteiger partial charge is 0.250 e. The second-order valence-electron chi connectivity index (χ2n) is 4.04. The van der Waals surface area contributed by atoms with E-state index in [0.29, 0.717) is 10.7 Å². The lowest BCUT2D eigenvalue weighted by Crippen LogP contribution is -2.27. The van der Waals surface area contributed by atoms with Gasteiger partial charge in [-0.3, -0.25) is 5.10 Å². The normalized spacial score (nSPS) is 13.6. The first kappa shape index (κ1) is 14.1. The number of sulfonamides is 1. The SMILES string of the molecule is Cc1cc(S(=O)(=O)NC(C)c2ncn[nH]2)sc1CO. The molecule has 2 heterocycles. The van der Waals surface area contributed by atoms with E-state index in [-0.39, 0.29) is 10.8 Å². The van der Waals surface area contributed by atoms with Crippen LogP contribution < -0.4 is 4.72 Å². The summed E-state index contributed by atoms with van der Waals surface area (Å²) in [5, 5.41) is 15.4. The van der Waals surface area contributed by atoms with Crippen LogP contribution in [0, 0.1) is 6.92 Å². The second-order valence-corrected chi connectivity index (χ2v) is 7.12. The van der Waals surface area contributed by atoms with Crippen molar-refractivity contribution >= 4 is 21.4 Å². The Bertz CT molecular complexity index is 648. The van der Waals surface area contributed by atoms with E-state index in [1.54, 1.807) is 19.9 Å². The average Bonchev–Trinajstić information content (AvgIpc) is 2.96. The van der Waals surface area contributed by atoms with Crippen LogP contribution in [0.4, 0.5) is 0 Å². The van der Waals surface area contributed by atoms with Gasteiger partial charge in [0, 0.05) is 4.88 Å². The molecule has 0 aliphatic rings. The van der Waals surface area contributed by atoms with Crippen molar-refractivity contribution in [3.05, 3.63) is 28.7 Å². The van der Waals surface area contributed by atoms with Gasteiger partial charge in [-0.1, -0.05) is 0 Å². The van der Waals surface area contributed by atoms with Crippen molar-refractivity contribution in [1.82, 2.24) is 19.9 Å². The lowest BCUT2D eigenvalue weighted by molar-refractivity contribution is 0.285. The van der Waals surface area contributed by atoms with E-state index < -0.39 is 16.1 Å². The van der Waals surface area contributed by atoms with Gasteiger partial charge in [0.2, 0.25) is 0 Å². The van der Waals surface area contributed by atoms with Crippen molar-refractivity contribution in [1.29, 1.82) is 0 Å². The zero-order chi connectivity index (χ0) is 14.0. The summed E-state index contributed by atoms with van der Waals surface area (Å²) in [5.74, 6) is 0.444. The highest BCUT2D eigenvalue weighted by molar-refractivity contribution is 7.91. The van der Waals surface area contributed by atoms with E-state index in [1.165, 1.54) is 6.33 Å². The Hall–Kier alpha value is -1.29. The number of aromatic nitrogens is 3. The minimum absolute atomic E-state index is 0.163. The molecule has 0 radical (unpaired) electrons. The van der Waals surface area contributed by atoms with Crippen LogP contribution >= 0.6 is 11.3 Å². The highest BCUT2D eigenvalue weighted by atomic mass is 32.2. The van der Waals surface area contributed by atoms with Gasteiger partial charge in [0.05, 0.1) is 12.6 Å². The first-order valence-electron chi connectivity index (χ1n) is 5.52. The molecule has 9 heteroatoms. The maximum atomic E-state index is 12.2.